The fourth-order valence-corrected chi connectivity index (χ4v) is 3.16. The minimum Gasteiger partial charge on any atom is -0.495 e. The fraction of sp³-hybridized carbons (Fsp3) is 0.562. The van der Waals surface area contributed by atoms with Crippen LogP contribution in [0, 0.1) is 5.41 Å². The van der Waals surface area contributed by atoms with Crippen molar-refractivity contribution in [1.29, 1.82) is 0 Å². The Hall–Kier alpha value is -1.27. The molecule has 0 radical (unpaired) electrons. The third-order valence-corrected chi connectivity index (χ3v) is 4.98. The van der Waals surface area contributed by atoms with Crippen LogP contribution in [0.2, 0.25) is 0 Å². The number of carbonyl (C=O) groups excluding carboxylic acids is 1. The third-order valence-electron chi connectivity index (χ3n) is 4.19. The zero-order valence-corrected chi connectivity index (χ0v) is 14.9. The first-order valence-corrected chi connectivity index (χ1v) is 8.19. The molecule has 1 aromatic carbocycles. The highest BCUT2D eigenvalue weighted by Crippen LogP contribution is 2.35. The minimum absolute atomic E-state index is 0.108. The highest BCUT2D eigenvalue weighted by atomic mass is 79.9. The first-order chi connectivity index (χ1) is 10.5. The Balaban J connectivity index is 2.09. The van der Waals surface area contributed by atoms with Crippen molar-refractivity contribution in [1.82, 2.24) is 10.6 Å². The van der Waals surface area contributed by atoms with Gasteiger partial charge >= 0.3 is 0 Å². The van der Waals surface area contributed by atoms with Crippen LogP contribution >= 0.6 is 15.9 Å². The molecule has 1 amide bonds. The molecule has 1 aliphatic heterocycles. The predicted octanol–water partition coefficient (Wildman–Crippen LogP) is 2.59. The third kappa shape index (κ3) is 3.93. The van der Waals surface area contributed by atoms with Crippen LogP contribution in [0.3, 0.4) is 0 Å². The van der Waals surface area contributed by atoms with E-state index >= 15 is 0 Å². The van der Waals surface area contributed by atoms with Crippen molar-refractivity contribution in [3.8, 4) is 11.5 Å². The van der Waals surface area contributed by atoms with Gasteiger partial charge in [0.05, 0.1) is 14.2 Å². The van der Waals surface area contributed by atoms with Crippen LogP contribution in [0.25, 0.3) is 0 Å². The summed E-state index contributed by atoms with van der Waals surface area (Å²) in [5.74, 6) is 1.05. The Kier molecular flexibility index (Phi) is 5.69. The van der Waals surface area contributed by atoms with E-state index in [0.717, 1.165) is 25.9 Å². The average Bonchev–Trinajstić information content (AvgIpc) is 2.53. The Labute approximate surface area is 139 Å². The monoisotopic (exact) mass is 370 g/mol. The lowest BCUT2D eigenvalue weighted by Gasteiger charge is -2.34. The Morgan fingerprint density at radius 3 is 2.32 bits per heavy atom. The molecule has 0 atom stereocenters. The first kappa shape index (κ1) is 17.1. The largest absolute Gasteiger partial charge is 0.495 e. The maximum Gasteiger partial charge on any atom is 0.251 e. The van der Waals surface area contributed by atoms with E-state index < -0.39 is 0 Å². The molecule has 1 saturated heterocycles. The van der Waals surface area contributed by atoms with Crippen LogP contribution in [-0.4, -0.2) is 39.8 Å². The number of amides is 1. The molecule has 0 saturated carbocycles. The summed E-state index contributed by atoms with van der Waals surface area (Å²) in [5, 5.41) is 6.38. The average molecular weight is 371 g/mol. The van der Waals surface area contributed by atoms with Gasteiger partial charge in [0.25, 0.3) is 5.91 Å². The van der Waals surface area contributed by atoms with Gasteiger partial charge in [-0.3, -0.25) is 4.79 Å². The molecule has 0 aliphatic carbocycles. The maximum absolute atomic E-state index is 12.4. The second-order valence-electron chi connectivity index (χ2n) is 5.94. The summed E-state index contributed by atoms with van der Waals surface area (Å²) in [5.41, 5.74) is 0.694. The molecule has 1 aromatic rings. The van der Waals surface area contributed by atoms with Crippen LogP contribution < -0.4 is 20.1 Å². The number of halogens is 1. The van der Waals surface area contributed by atoms with E-state index in [9.17, 15) is 4.79 Å². The van der Waals surface area contributed by atoms with Crippen LogP contribution in [0.1, 0.15) is 30.1 Å². The molecular formula is C16H23BrN2O3. The van der Waals surface area contributed by atoms with Crippen molar-refractivity contribution in [3.05, 3.63) is 22.2 Å². The second kappa shape index (κ2) is 7.33. The number of ether oxygens (including phenoxy) is 2. The summed E-state index contributed by atoms with van der Waals surface area (Å²) >= 11 is 3.41. The van der Waals surface area contributed by atoms with Crippen molar-refractivity contribution < 1.29 is 14.3 Å². The van der Waals surface area contributed by atoms with E-state index in [2.05, 4.69) is 33.5 Å². The van der Waals surface area contributed by atoms with Gasteiger partial charge in [-0.2, -0.15) is 0 Å². The highest BCUT2D eigenvalue weighted by Gasteiger charge is 2.27. The normalized spacial score (nSPS) is 16.9. The topological polar surface area (TPSA) is 59.6 Å². The number of hydrogen-bond donors (Lipinski definition) is 2. The number of nitrogens with one attached hydrogen (secondary N) is 2. The molecule has 2 N–H and O–H groups in total. The van der Waals surface area contributed by atoms with Gasteiger partial charge in [-0.05, 0) is 59.4 Å². The highest BCUT2D eigenvalue weighted by molar-refractivity contribution is 9.10. The molecule has 5 nitrogen and oxygen atoms in total. The van der Waals surface area contributed by atoms with E-state index in [-0.39, 0.29) is 11.3 Å². The summed E-state index contributed by atoms with van der Waals surface area (Å²) in [7, 11) is 3.13. The smallest absolute Gasteiger partial charge is 0.251 e. The predicted molar refractivity (Wildman–Crippen MR) is 89.8 cm³/mol. The van der Waals surface area contributed by atoms with E-state index in [1.165, 1.54) is 0 Å². The summed E-state index contributed by atoms with van der Waals surface area (Å²) < 4.78 is 11.3. The number of carbonyl (C=O) groups is 1. The molecule has 122 valence electrons. The lowest BCUT2D eigenvalue weighted by Crippen LogP contribution is -2.42. The van der Waals surface area contributed by atoms with Gasteiger partial charge in [0.2, 0.25) is 0 Å². The summed E-state index contributed by atoms with van der Waals surface area (Å²) in [6.45, 7) is 4.91. The molecule has 0 bridgehead atoms. The number of methoxy groups -OCH3 is 2. The van der Waals surface area contributed by atoms with Gasteiger partial charge in [0.15, 0.2) is 0 Å². The molecule has 0 spiro atoms. The van der Waals surface area contributed by atoms with E-state index in [4.69, 9.17) is 9.47 Å². The number of benzene rings is 1. The van der Waals surface area contributed by atoms with Gasteiger partial charge in [0, 0.05) is 12.1 Å². The molecule has 1 aliphatic rings. The first-order valence-electron chi connectivity index (χ1n) is 7.39. The molecule has 1 heterocycles. The second-order valence-corrected chi connectivity index (χ2v) is 6.73. The van der Waals surface area contributed by atoms with Crippen LogP contribution in [0.5, 0.6) is 11.5 Å². The van der Waals surface area contributed by atoms with Gasteiger partial charge in [-0.1, -0.05) is 6.92 Å². The van der Waals surface area contributed by atoms with E-state index in [1.807, 2.05) is 0 Å². The number of rotatable bonds is 5. The van der Waals surface area contributed by atoms with Crippen LogP contribution in [0.15, 0.2) is 16.6 Å². The molecule has 0 aromatic heterocycles. The molecular weight excluding hydrogens is 348 g/mol. The zero-order chi connectivity index (χ0) is 16.2. The summed E-state index contributed by atoms with van der Waals surface area (Å²) in [6, 6.07) is 3.43. The van der Waals surface area contributed by atoms with Crippen molar-refractivity contribution in [2.75, 3.05) is 33.9 Å². The van der Waals surface area contributed by atoms with Gasteiger partial charge in [-0.25, -0.2) is 0 Å². The lowest BCUT2D eigenvalue weighted by molar-refractivity contribution is 0.0921. The standard InChI is InChI=1S/C16H23BrN2O3/c1-16(4-6-18-7-5-16)10-19-15(20)11-8-12(21-2)14(17)13(9-11)22-3/h8-9,18H,4-7,10H2,1-3H3,(H,19,20). The molecule has 2 rings (SSSR count). The van der Waals surface area contributed by atoms with Crippen LogP contribution in [-0.2, 0) is 0 Å². The number of piperidine rings is 1. The van der Waals surface area contributed by atoms with Crippen LogP contribution in [0.4, 0.5) is 0 Å². The minimum atomic E-state index is -0.108. The Morgan fingerprint density at radius 1 is 1.27 bits per heavy atom. The molecule has 0 unspecified atom stereocenters. The fourth-order valence-electron chi connectivity index (χ4n) is 2.60. The maximum atomic E-state index is 12.4. The number of hydrogen-bond acceptors (Lipinski definition) is 4. The van der Waals surface area contributed by atoms with E-state index in [0.29, 0.717) is 28.1 Å². The zero-order valence-electron chi connectivity index (χ0n) is 13.3. The Morgan fingerprint density at radius 2 is 1.82 bits per heavy atom. The molecule has 1 fully saturated rings. The van der Waals surface area contributed by atoms with E-state index in [1.54, 1.807) is 26.4 Å². The van der Waals surface area contributed by atoms with Crippen molar-refractivity contribution in [2.24, 2.45) is 5.41 Å². The lowest BCUT2D eigenvalue weighted by atomic mass is 9.81. The van der Waals surface area contributed by atoms with Crippen molar-refractivity contribution >= 4 is 21.8 Å². The molecule has 6 heteroatoms. The Bertz CT molecular complexity index is 517. The summed E-state index contributed by atoms with van der Waals surface area (Å²) in [4.78, 5) is 12.4. The van der Waals surface area contributed by atoms with Crippen molar-refractivity contribution in [2.45, 2.75) is 19.8 Å². The van der Waals surface area contributed by atoms with Crippen molar-refractivity contribution in [3.63, 3.8) is 0 Å². The quantitative estimate of drug-likeness (QED) is 0.836. The van der Waals surface area contributed by atoms with Gasteiger partial charge < -0.3 is 20.1 Å². The SMILES string of the molecule is COc1cc(C(=O)NCC2(C)CCNCC2)cc(OC)c1Br. The molecule has 22 heavy (non-hydrogen) atoms. The van der Waals surface area contributed by atoms with Gasteiger partial charge in [-0.15, -0.1) is 0 Å². The summed E-state index contributed by atoms with van der Waals surface area (Å²) in [6.07, 6.45) is 2.14. The van der Waals surface area contributed by atoms with Gasteiger partial charge in [0.1, 0.15) is 16.0 Å².